The maximum Gasteiger partial charge on any atom is 0.105 e. The van der Waals surface area contributed by atoms with E-state index >= 15 is 0 Å². The first-order valence-corrected chi connectivity index (χ1v) is 5.69. The smallest absolute Gasteiger partial charge is 0.105 e. The summed E-state index contributed by atoms with van der Waals surface area (Å²) in [4.78, 5) is 2.54. The highest BCUT2D eigenvalue weighted by molar-refractivity contribution is 5.34. The first kappa shape index (κ1) is 13.1. The molecule has 1 aromatic carbocycles. The van der Waals surface area contributed by atoms with Crippen LogP contribution in [0.2, 0.25) is 0 Å². The van der Waals surface area contributed by atoms with E-state index in [4.69, 9.17) is 5.53 Å². The van der Waals surface area contributed by atoms with Gasteiger partial charge in [0.25, 0.3) is 0 Å². The Bertz CT molecular complexity index is 560. The SMILES string of the molecule is [N-]=[N+]=NCC(O)C(O)c1ccc(-n2cccn2)cc1. The number of hydrogen-bond acceptors (Lipinski definition) is 4. The minimum atomic E-state index is -1.12. The molecule has 0 aliphatic rings. The average Bonchev–Trinajstić information content (AvgIpc) is 2.98. The van der Waals surface area contributed by atoms with Crippen molar-refractivity contribution < 1.29 is 10.2 Å². The van der Waals surface area contributed by atoms with Crippen molar-refractivity contribution >= 4 is 0 Å². The second kappa shape index (κ2) is 6.01. The molecule has 0 amide bonds. The zero-order valence-corrected chi connectivity index (χ0v) is 10.0. The molecule has 2 unspecified atom stereocenters. The fraction of sp³-hybridized carbons (Fsp3) is 0.250. The van der Waals surface area contributed by atoms with Crippen molar-refractivity contribution in [3.8, 4) is 5.69 Å². The van der Waals surface area contributed by atoms with Gasteiger partial charge < -0.3 is 10.2 Å². The van der Waals surface area contributed by atoms with Gasteiger partial charge in [0.2, 0.25) is 0 Å². The fourth-order valence-electron chi connectivity index (χ4n) is 1.69. The molecule has 7 nitrogen and oxygen atoms in total. The summed E-state index contributed by atoms with van der Waals surface area (Å²) in [5.74, 6) is 0. The molecule has 0 spiro atoms. The Morgan fingerprint density at radius 1 is 1.32 bits per heavy atom. The highest BCUT2D eigenvalue weighted by Gasteiger charge is 2.17. The molecule has 2 aromatic rings. The first-order valence-electron chi connectivity index (χ1n) is 5.69. The summed E-state index contributed by atoms with van der Waals surface area (Å²) in [6.45, 7) is -0.168. The molecule has 0 radical (unpaired) electrons. The lowest BCUT2D eigenvalue weighted by atomic mass is 10.0. The molecule has 0 saturated carbocycles. The fourth-order valence-corrected chi connectivity index (χ4v) is 1.69. The molecule has 7 heteroatoms. The zero-order valence-electron chi connectivity index (χ0n) is 10.0. The molecule has 2 atom stereocenters. The molecule has 0 fully saturated rings. The molecule has 0 bridgehead atoms. The number of benzene rings is 1. The third kappa shape index (κ3) is 3.11. The van der Waals surface area contributed by atoms with E-state index in [1.54, 1.807) is 35.1 Å². The summed E-state index contributed by atoms with van der Waals surface area (Å²) in [5.41, 5.74) is 9.57. The van der Waals surface area contributed by atoms with Crippen molar-refractivity contribution in [1.82, 2.24) is 9.78 Å². The molecular formula is C12H13N5O2. The minimum absolute atomic E-state index is 0.168. The van der Waals surface area contributed by atoms with Crippen LogP contribution in [0.25, 0.3) is 16.1 Å². The zero-order chi connectivity index (χ0) is 13.7. The number of nitrogens with zero attached hydrogens (tertiary/aromatic N) is 5. The molecule has 19 heavy (non-hydrogen) atoms. The van der Waals surface area contributed by atoms with E-state index in [9.17, 15) is 10.2 Å². The van der Waals surface area contributed by atoms with Crippen molar-refractivity contribution in [2.24, 2.45) is 5.11 Å². The topological polar surface area (TPSA) is 107 Å². The van der Waals surface area contributed by atoms with Crippen LogP contribution in [0.1, 0.15) is 11.7 Å². The van der Waals surface area contributed by atoms with Crippen molar-refractivity contribution in [2.45, 2.75) is 12.2 Å². The summed E-state index contributed by atoms with van der Waals surface area (Å²) < 4.78 is 1.69. The van der Waals surface area contributed by atoms with Gasteiger partial charge in [-0.2, -0.15) is 5.10 Å². The Morgan fingerprint density at radius 3 is 2.63 bits per heavy atom. The number of aromatic nitrogens is 2. The van der Waals surface area contributed by atoms with E-state index in [2.05, 4.69) is 15.1 Å². The van der Waals surface area contributed by atoms with Crippen molar-refractivity contribution in [3.05, 3.63) is 58.7 Å². The standard InChI is InChI=1S/C12H13N5O2/c13-16-14-8-11(18)12(19)9-2-4-10(5-3-9)17-7-1-6-15-17/h1-7,11-12,18-19H,8H2. The van der Waals surface area contributed by atoms with Crippen LogP contribution in [0.3, 0.4) is 0 Å². The second-order valence-electron chi connectivity index (χ2n) is 3.97. The van der Waals surface area contributed by atoms with Gasteiger partial charge in [-0.25, -0.2) is 4.68 Å². The van der Waals surface area contributed by atoms with Crippen LogP contribution in [0.15, 0.2) is 47.8 Å². The molecule has 2 rings (SSSR count). The van der Waals surface area contributed by atoms with Gasteiger partial charge in [-0.15, -0.1) is 0 Å². The number of rotatable bonds is 5. The Labute approximate surface area is 109 Å². The van der Waals surface area contributed by atoms with Gasteiger partial charge in [-0.1, -0.05) is 17.2 Å². The van der Waals surface area contributed by atoms with Crippen LogP contribution in [-0.2, 0) is 0 Å². The minimum Gasteiger partial charge on any atom is -0.390 e. The first-order chi connectivity index (χ1) is 9.22. The van der Waals surface area contributed by atoms with Crippen LogP contribution in [0.5, 0.6) is 0 Å². The Morgan fingerprint density at radius 2 is 2.05 bits per heavy atom. The summed E-state index contributed by atoms with van der Waals surface area (Å²) >= 11 is 0. The number of aliphatic hydroxyl groups is 2. The van der Waals surface area contributed by atoms with E-state index in [0.29, 0.717) is 5.56 Å². The lowest BCUT2D eigenvalue weighted by Crippen LogP contribution is -2.21. The Hall–Kier alpha value is -2.34. The largest absolute Gasteiger partial charge is 0.390 e. The lowest BCUT2D eigenvalue weighted by molar-refractivity contribution is 0.0244. The van der Waals surface area contributed by atoms with Gasteiger partial charge in [-0.3, -0.25) is 0 Å². The predicted molar refractivity (Wildman–Crippen MR) is 68.5 cm³/mol. The van der Waals surface area contributed by atoms with Gasteiger partial charge in [-0.05, 0) is 29.3 Å². The van der Waals surface area contributed by atoms with Gasteiger partial charge in [0, 0.05) is 17.3 Å². The predicted octanol–water partition coefficient (Wildman–Crippen LogP) is 1.58. The van der Waals surface area contributed by atoms with E-state index in [1.807, 2.05) is 12.3 Å². The van der Waals surface area contributed by atoms with Crippen LogP contribution in [0.4, 0.5) is 0 Å². The summed E-state index contributed by atoms with van der Waals surface area (Å²) in [7, 11) is 0. The molecule has 1 heterocycles. The van der Waals surface area contributed by atoms with Crippen molar-refractivity contribution in [3.63, 3.8) is 0 Å². The third-order valence-corrected chi connectivity index (χ3v) is 2.70. The number of azide groups is 1. The van der Waals surface area contributed by atoms with Crippen molar-refractivity contribution in [1.29, 1.82) is 0 Å². The van der Waals surface area contributed by atoms with Gasteiger partial charge in [0.1, 0.15) is 6.10 Å². The van der Waals surface area contributed by atoms with E-state index in [-0.39, 0.29) is 6.54 Å². The van der Waals surface area contributed by atoms with E-state index in [0.717, 1.165) is 5.69 Å². The van der Waals surface area contributed by atoms with Gasteiger partial charge in [0.15, 0.2) is 0 Å². The summed E-state index contributed by atoms with van der Waals surface area (Å²) in [6.07, 6.45) is 1.28. The average molecular weight is 259 g/mol. The lowest BCUT2D eigenvalue weighted by Gasteiger charge is -2.16. The second-order valence-corrected chi connectivity index (χ2v) is 3.97. The van der Waals surface area contributed by atoms with Gasteiger partial charge in [0.05, 0.1) is 18.3 Å². The van der Waals surface area contributed by atoms with E-state index < -0.39 is 12.2 Å². The molecule has 1 aromatic heterocycles. The third-order valence-electron chi connectivity index (χ3n) is 2.70. The molecule has 98 valence electrons. The Balaban J connectivity index is 2.11. The summed E-state index contributed by atoms with van der Waals surface area (Å²) in [6, 6.07) is 8.77. The normalized spacial score (nSPS) is 13.6. The molecular weight excluding hydrogens is 246 g/mol. The molecule has 0 aliphatic carbocycles. The maximum absolute atomic E-state index is 9.88. The van der Waals surface area contributed by atoms with Crippen LogP contribution < -0.4 is 0 Å². The monoisotopic (exact) mass is 259 g/mol. The van der Waals surface area contributed by atoms with E-state index in [1.165, 1.54) is 0 Å². The quantitative estimate of drug-likeness (QED) is 0.483. The molecule has 2 N–H and O–H groups in total. The molecule has 0 saturated heterocycles. The summed E-state index contributed by atoms with van der Waals surface area (Å²) in [5, 5.41) is 26.8. The highest BCUT2D eigenvalue weighted by Crippen LogP contribution is 2.19. The van der Waals surface area contributed by atoms with Crippen LogP contribution >= 0.6 is 0 Å². The number of hydrogen-bond donors (Lipinski definition) is 2. The number of aliphatic hydroxyl groups excluding tert-OH is 2. The van der Waals surface area contributed by atoms with Crippen LogP contribution in [-0.4, -0.2) is 32.6 Å². The maximum atomic E-state index is 9.88. The van der Waals surface area contributed by atoms with Crippen LogP contribution in [0, 0.1) is 0 Å². The highest BCUT2D eigenvalue weighted by atomic mass is 16.3. The Kier molecular flexibility index (Phi) is 4.15. The van der Waals surface area contributed by atoms with Crippen molar-refractivity contribution in [2.75, 3.05) is 6.54 Å². The molecule has 0 aliphatic heterocycles. The van der Waals surface area contributed by atoms with Gasteiger partial charge >= 0.3 is 0 Å².